The quantitative estimate of drug-likeness (QED) is 0.826. The van der Waals surface area contributed by atoms with E-state index in [1.165, 1.54) is 12.3 Å². The van der Waals surface area contributed by atoms with Gasteiger partial charge in [-0.1, -0.05) is 0 Å². The third kappa shape index (κ3) is 3.70. The molecular weight excluding hydrogens is 313 g/mol. The summed E-state index contributed by atoms with van der Waals surface area (Å²) in [6.45, 7) is 1.57. The molecule has 0 unspecified atom stereocenters. The van der Waals surface area contributed by atoms with Gasteiger partial charge >= 0.3 is 12.1 Å². The number of halogens is 3. The fourth-order valence-electron chi connectivity index (χ4n) is 2.10. The smallest absolute Gasteiger partial charge is 0.416 e. The van der Waals surface area contributed by atoms with Gasteiger partial charge in [0.2, 0.25) is 0 Å². The lowest BCUT2D eigenvalue weighted by molar-refractivity contribution is -0.137. The molecule has 5 nitrogen and oxygen atoms in total. The number of anilines is 1. The van der Waals surface area contributed by atoms with Crippen molar-refractivity contribution in [3.8, 4) is 0 Å². The van der Waals surface area contributed by atoms with Crippen LogP contribution in [0.2, 0.25) is 0 Å². The number of alkyl halides is 3. The number of hydrogen-bond acceptors (Lipinski definition) is 5. The zero-order chi connectivity index (χ0) is 17.0. The number of nitrogens with one attached hydrogen (secondary N) is 1. The Hall–Kier alpha value is -2.35. The van der Waals surface area contributed by atoms with E-state index in [2.05, 4.69) is 10.3 Å². The van der Waals surface area contributed by atoms with E-state index in [9.17, 15) is 18.0 Å². The standard InChI is InChI=1S/C15H15F3N2O3/c1-2-23-14(22)11-8-20-12-4-3-9(15(16,17)18)7-10(12)13(11)19-5-6-21/h3-4,7-8,21H,2,5-6H2,1H3,(H,19,20). The first kappa shape index (κ1) is 17.0. The van der Waals surface area contributed by atoms with Crippen molar-refractivity contribution in [2.75, 3.05) is 25.1 Å². The van der Waals surface area contributed by atoms with Crippen molar-refractivity contribution >= 4 is 22.6 Å². The number of pyridine rings is 1. The van der Waals surface area contributed by atoms with E-state index in [4.69, 9.17) is 9.84 Å². The number of carbonyl (C=O) groups is 1. The van der Waals surface area contributed by atoms with Gasteiger partial charge in [0, 0.05) is 18.1 Å². The molecule has 2 aromatic rings. The summed E-state index contributed by atoms with van der Waals surface area (Å²) in [5.74, 6) is -0.695. The predicted molar refractivity (Wildman–Crippen MR) is 78.3 cm³/mol. The number of aliphatic hydroxyl groups is 1. The number of aliphatic hydroxyl groups excluding tert-OH is 1. The van der Waals surface area contributed by atoms with Crippen LogP contribution in [0.1, 0.15) is 22.8 Å². The topological polar surface area (TPSA) is 71.5 Å². The Morgan fingerprint density at radius 3 is 2.74 bits per heavy atom. The third-order valence-corrected chi connectivity index (χ3v) is 3.10. The number of rotatable bonds is 5. The SMILES string of the molecule is CCOC(=O)c1cnc2ccc(C(F)(F)F)cc2c1NCCO. The highest BCUT2D eigenvalue weighted by atomic mass is 19.4. The molecule has 0 spiro atoms. The normalized spacial score (nSPS) is 11.5. The number of ether oxygens (including phenoxy) is 1. The highest BCUT2D eigenvalue weighted by Crippen LogP contribution is 2.34. The molecule has 124 valence electrons. The molecule has 0 fully saturated rings. The van der Waals surface area contributed by atoms with Crippen molar-refractivity contribution in [1.82, 2.24) is 4.98 Å². The molecule has 23 heavy (non-hydrogen) atoms. The number of benzene rings is 1. The summed E-state index contributed by atoms with van der Waals surface area (Å²) >= 11 is 0. The molecule has 1 aromatic carbocycles. The highest BCUT2D eigenvalue weighted by molar-refractivity contribution is 6.05. The molecule has 0 amide bonds. The number of hydrogen-bond donors (Lipinski definition) is 2. The second kappa shape index (κ2) is 6.82. The molecule has 0 saturated heterocycles. The Labute approximate surface area is 130 Å². The summed E-state index contributed by atoms with van der Waals surface area (Å²) in [5.41, 5.74) is -0.368. The van der Waals surface area contributed by atoms with E-state index in [1.807, 2.05) is 0 Å². The number of nitrogens with zero attached hydrogens (tertiary/aromatic N) is 1. The number of esters is 1. The molecule has 2 N–H and O–H groups in total. The second-order valence-corrected chi connectivity index (χ2v) is 4.65. The van der Waals surface area contributed by atoms with Crippen molar-refractivity contribution in [3.05, 3.63) is 35.5 Å². The first-order valence-corrected chi connectivity index (χ1v) is 6.90. The van der Waals surface area contributed by atoms with Gasteiger partial charge in [-0.3, -0.25) is 4.98 Å². The lowest BCUT2D eigenvalue weighted by atomic mass is 10.1. The second-order valence-electron chi connectivity index (χ2n) is 4.65. The highest BCUT2D eigenvalue weighted by Gasteiger charge is 2.31. The molecule has 1 aromatic heterocycles. The van der Waals surface area contributed by atoms with Crippen LogP contribution in [0.5, 0.6) is 0 Å². The van der Waals surface area contributed by atoms with E-state index in [1.54, 1.807) is 6.92 Å². The molecule has 0 aliphatic rings. The molecule has 0 aliphatic carbocycles. The average molecular weight is 328 g/mol. The molecule has 1 heterocycles. The first-order valence-electron chi connectivity index (χ1n) is 6.90. The predicted octanol–water partition coefficient (Wildman–Crippen LogP) is 2.83. The van der Waals surface area contributed by atoms with Crippen molar-refractivity contribution in [3.63, 3.8) is 0 Å². The monoisotopic (exact) mass is 328 g/mol. The van der Waals surface area contributed by atoms with Gasteiger partial charge in [-0.15, -0.1) is 0 Å². The molecule has 0 bridgehead atoms. The lowest BCUT2D eigenvalue weighted by Gasteiger charge is -2.15. The maximum Gasteiger partial charge on any atom is 0.416 e. The van der Waals surface area contributed by atoms with Crippen LogP contribution >= 0.6 is 0 Å². The molecule has 0 atom stereocenters. The van der Waals surface area contributed by atoms with Crippen LogP contribution in [0.15, 0.2) is 24.4 Å². The number of carbonyl (C=O) groups excluding carboxylic acids is 1. The van der Waals surface area contributed by atoms with Gasteiger partial charge in [0.25, 0.3) is 0 Å². The van der Waals surface area contributed by atoms with Crippen LogP contribution in [0, 0.1) is 0 Å². The van der Waals surface area contributed by atoms with E-state index in [-0.39, 0.29) is 36.4 Å². The summed E-state index contributed by atoms with van der Waals surface area (Å²) in [7, 11) is 0. The average Bonchev–Trinajstić information content (AvgIpc) is 2.51. The first-order chi connectivity index (χ1) is 10.9. The van der Waals surface area contributed by atoms with E-state index in [0.717, 1.165) is 12.1 Å². The molecule has 8 heteroatoms. The van der Waals surface area contributed by atoms with Crippen molar-refractivity contribution in [1.29, 1.82) is 0 Å². The van der Waals surface area contributed by atoms with Gasteiger partial charge in [0.15, 0.2) is 0 Å². The van der Waals surface area contributed by atoms with Crippen LogP contribution in [0.4, 0.5) is 18.9 Å². The van der Waals surface area contributed by atoms with Crippen molar-refractivity contribution in [2.24, 2.45) is 0 Å². The summed E-state index contributed by atoms with van der Waals surface area (Å²) in [6, 6.07) is 3.08. The van der Waals surface area contributed by atoms with E-state index in [0.29, 0.717) is 5.52 Å². The van der Waals surface area contributed by atoms with Crippen molar-refractivity contribution in [2.45, 2.75) is 13.1 Å². The van der Waals surface area contributed by atoms with Gasteiger partial charge in [-0.2, -0.15) is 13.2 Å². The van der Waals surface area contributed by atoms with Crippen LogP contribution in [0.3, 0.4) is 0 Å². The van der Waals surface area contributed by atoms with E-state index < -0.39 is 17.7 Å². The van der Waals surface area contributed by atoms with Gasteiger partial charge in [0.1, 0.15) is 5.56 Å². The summed E-state index contributed by atoms with van der Waals surface area (Å²) < 4.78 is 43.6. The third-order valence-electron chi connectivity index (χ3n) is 3.10. The largest absolute Gasteiger partial charge is 0.462 e. The molecule has 0 radical (unpaired) electrons. The molecule has 2 rings (SSSR count). The Morgan fingerprint density at radius 2 is 2.13 bits per heavy atom. The Kier molecular flexibility index (Phi) is 5.05. The summed E-state index contributed by atoms with van der Waals surface area (Å²) in [5, 5.41) is 11.8. The van der Waals surface area contributed by atoms with Gasteiger partial charge in [-0.25, -0.2) is 4.79 Å². The van der Waals surface area contributed by atoms with Gasteiger partial charge < -0.3 is 15.2 Å². The van der Waals surface area contributed by atoms with E-state index >= 15 is 0 Å². The van der Waals surface area contributed by atoms with Gasteiger partial charge in [0.05, 0.1) is 30.0 Å². The van der Waals surface area contributed by atoms with Crippen LogP contribution in [0.25, 0.3) is 10.9 Å². The lowest BCUT2D eigenvalue weighted by Crippen LogP contribution is -2.14. The zero-order valence-corrected chi connectivity index (χ0v) is 12.3. The minimum atomic E-state index is -4.51. The fraction of sp³-hybridized carbons (Fsp3) is 0.333. The van der Waals surface area contributed by atoms with Gasteiger partial charge in [-0.05, 0) is 25.1 Å². The minimum Gasteiger partial charge on any atom is -0.462 e. The maximum atomic E-state index is 12.9. The molecule has 0 saturated carbocycles. The van der Waals surface area contributed by atoms with Crippen LogP contribution in [-0.4, -0.2) is 35.8 Å². The Bertz CT molecular complexity index is 717. The van der Waals surface area contributed by atoms with Crippen molar-refractivity contribution < 1.29 is 27.8 Å². The summed E-state index contributed by atoms with van der Waals surface area (Å²) in [4.78, 5) is 16.0. The Balaban J connectivity index is 2.65. The zero-order valence-electron chi connectivity index (χ0n) is 12.3. The number of fused-ring (bicyclic) bond motifs is 1. The minimum absolute atomic E-state index is 0.0205. The molecule has 0 aliphatic heterocycles. The summed E-state index contributed by atoms with van der Waals surface area (Å²) in [6.07, 6.45) is -3.27. The maximum absolute atomic E-state index is 12.9. The van der Waals surface area contributed by atoms with Crippen LogP contribution in [-0.2, 0) is 10.9 Å². The number of aromatic nitrogens is 1. The Morgan fingerprint density at radius 1 is 1.39 bits per heavy atom. The molecular formula is C15H15F3N2O3. The fourth-order valence-corrected chi connectivity index (χ4v) is 2.10. The van der Waals surface area contributed by atoms with Crippen LogP contribution < -0.4 is 5.32 Å².